The number of hydrogen-bond donors (Lipinski definition) is 1. The molecule has 0 saturated carbocycles. The van der Waals surface area contributed by atoms with Crippen molar-refractivity contribution in [3.8, 4) is 0 Å². The minimum absolute atomic E-state index is 0.186. The van der Waals surface area contributed by atoms with Crippen molar-refractivity contribution in [2.24, 2.45) is 5.18 Å². The average Bonchev–Trinajstić information content (AvgIpc) is 2.18. The molecule has 1 N–H and O–H groups in total. The van der Waals surface area contributed by atoms with E-state index < -0.39 is 0 Å². The number of aryl methyl sites for hydroxylation is 1. The zero-order valence-corrected chi connectivity index (χ0v) is 5.09. The van der Waals surface area contributed by atoms with E-state index in [1.807, 2.05) is 6.92 Å². The van der Waals surface area contributed by atoms with Gasteiger partial charge in [0.15, 0.2) is 0 Å². The summed E-state index contributed by atoms with van der Waals surface area (Å²) in [6, 6.07) is 0. The van der Waals surface area contributed by atoms with Crippen LogP contribution in [0.2, 0.25) is 0 Å². The fourth-order valence-electron chi connectivity index (χ4n) is 0.598. The van der Waals surface area contributed by atoms with Crippen molar-refractivity contribution >= 4 is 0 Å². The van der Waals surface area contributed by atoms with Gasteiger partial charge in [0.2, 0.25) is 0 Å². The SMILES string of the molecule is Cc1cn[nH]c1CN=O. The van der Waals surface area contributed by atoms with E-state index >= 15 is 0 Å². The zero-order chi connectivity index (χ0) is 6.69. The van der Waals surface area contributed by atoms with Gasteiger partial charge in [-0.25, -0.2) is 0 Å². The lowest BCUT2D eigenvalue weighted by atomic mass is 10.3. The molecule has 4 nitrogen and oxygen atoms in total. The number of aromatic amines is 1. The molecule has 0 aliphatic heterocycles. The third-order valence-corrected chi connectivity index (χ3v) is 1.16. The van der Waals surface area contributed by atoms with E-state index in [1.165, 1.54) is 0 Å². The van der Waals surface area contributed by atoms with Crippen LogP contribution in [0.15, 0.2) is 11.4 Å². The minimum atomic E-state index is 0.186. The molecule has 0 aromatic carbocycles. The topological polar surface area (TPSA) is 58.1 Å². The first kappa shape index (κ1) is 5.94. The Balaban J connectivity index is 2.80. The highest BCUT2D eigenvalue weighted by Crippen LogP contribution is 2.01. The van der Waals surface area contributed by atoms with E-state index in [1.54, 1.807) is 6.20 Å². The van der Waals surface area contributed by atoms with Crippen LogP contribution in [-0.4, -0.2) is 10.2 Å². The molecule has 48 valence electrons. The van der Waals surface area contributed by atoms with Gasteiger partial charge in [-0.15, -0.1) is 0 Å². The summed E-state index contributed by atoms with van der Waals surface area (Å²) in [7, 11) is 0. The van der Waals surface area contributed by atoms with Crippen molar-refractivity contribution in [2.75, 3.05) is 0 Å². The van der Waals surface area contributed by atoms with Crippen LogP contribution < -0.4 is 0 Å². The van der Waals surface area contributed by atoms with Crippen LogP contribution in [0.4, 0.5) is 0 Å². The summed E-state index contributed by atoms with van der Waals surface area (Å²) in [4.78, 5) is 9.73. The molecule has 0 amide bonds. The molecule has 1 rings (SSSR count). The highest BCUT2D eigenvalue weighted by molar-refractivity contribution is 5.13. The van der Waals surface area contributed by atoms with Gasteiger partial charge in [0, 0.05) is 0 Å². The van der Waals surface area contributed by atoms with Gasteiger partial charge in [-0.2, -0.15) is 10.0 Å². The Bertz CT molecular complexity index is 206. The summed E-state index contributed by atoms with van der Waals surface area (Å²) in [5.74, 6) is 0. The predicted octanol–water partition coefficient (Wildman–Crippen LogP) is 0.985. The van der Waals surface area contributed by atoms with Crippen molar-refractivity contribution < 1.29 is 0 Å². The molecule has 4 heteroatoms. The summed E-state index contributed by atoms with van der Waals surface area (Å²) in [5.41, 5.74) is 1.78. The van der Waals surface area contributed by atoms with Gasteiger partial charge in [-0.1, -0.05) is 5.18 Å². The number of aromatic nitrogens is 2. The second kappa shape index (κ2) is 2.39. The van der Waals surface area contributed by atoms with Crippen LogP contribution in [0.3, 0.4) is 0 Å². The fourth-order valence-corrected chi connectivity index (χ4v) is 0.598. The molecule has 0 saturated heterocycles. The van der Waals surface area contributed by atoms with Gasteiger partial charge in [-0.05, 0) is 12.5 Å². The second-order valence-corrected chi connectivity index (χ2v) is 1.82. The normalized spacial score (nSPS) is 9.44. The van der Waals surface area contributed by atoms with E-state index in [9.17, 15) is 4.91 Å². The maximum atomic E-state index is 9.73. The molecule has 0 aliphatic rings. The highest BCUT2D eigenvalue weighted by atomic mass is 16.3. The Labute approximate surface area is 52.3 Å². The quantitative estimate of drug-likeness (QED) is 0.599. The molecule has 1 heterocycles. The number of nitroso groups, excluding NO2 is 1. The molecule has 0 atom stereocenters. The summed E-state index contributed by atoms with van der Waals surface area (Å²) < 4.78 is 0. The lowest BCUT2D eigenvalue weighted by Crippen LogP contribution is -1.82. The van der Waals surface area contributed by atoms with Crippen LogP contribution in [0, 0.1) is 11.8 Å². The van der Waals surface area contributed by atoms with Crippen LogP contribution in [0.1, 0.15) is 11.3 Å². The van der Waals surface area contributed by atoms with Gasteiger partial charge in [0.25, 0.3) is 0 Å². The van der Waals surface area contributed by atoms with Crippen LogP contribution in [-0.2, 0) is 6.54 Å². The van der Waals surface area contributed by atoms with Crippen LogP contribution in [0.25, 0.3) is 0 Å². The van der Waals surface area contributed by atoms with E-state index in [4.69, 9.17) is 0 Å². The van der Waals surface area contributed by atoms with Gasteiger partial charge >= 0.3 is 0 Å². The molecule has 1 aromatic heterocycles. The smallest absolute Gasteiger partial charge is 0.123 e. The second-order valence-electron chi connectivity index (χ2n) is 1.82. The van der Waals surface area contributed by atoms with E-state index in [2.05, 4.69) is 15.4 Å². The van der Waals surface area contributed by atoms with Gasteiger partial charge in [0.1, 0.15) is 6.54 Å². The maximum Gasteiger partial charge on any atom is 0.123 e. The first-order valence-electron chi connectivity index (χ1n) is 2.62. The fraction of sp³-hybridized carbons (Fsp3) is 0.400. The summed E-state index contributed by atoms with van der Waals surface area (Å²) in [6.45, 7) is 2.07. The molecule has 0 fully saturated rings. The molecule has 0 bridgehead atoms. The van der Waals surface area contributed by atoms with E-state index in [0.29, 0.717) is 0 Å². The Morgan fingerprint density at radius 3 is 3.11 bits per heavy atom. The first-order chi connectivity index (χ1) is 4.34. The average molecular weight is 125 g/mol. The first-order valence-corrected chi connectivity index (χ1v) is 2.62. The third-order valence-electron chi connectivity index (χ3n) is 1.16. The van der Waals surface area contributed by atoms with E-state index in [-0.39, 0.29) is 6.54 Å². The van der Waals surface area contributed by atoms with Crippen molar-refractivity contribution in [1.29, 1.82) is 0 Å². The largest absolute Gasteiger partial charge is 0.280 e. The summed E-state index contributed by atoms with van der Waals surface area (Å²) in [5, 5.41) is 9.10. The molecule has 1 aromatic rings. The predicted molar refractivity (Wildman–Crippen MR) is 32.8 cm³/mol. The Kier molecular flexibility index (Phi) is 1.58. The highest BCUT2D eigenvalue weighted by Gasteiger charge is 1.96. The minimum Gasteiger partial charge on any atom is -0.280 e. The molecule has 0 aliphatic carbocycles. The van der Waals surface area contributed by atoms with Crippen molar-refractivity contribution in [3.63, 3.8) is 0 Å². The van der Waals surface area contributed by atoms with Crippen molar-refractivity contribution in [2.45, 2.75) is 13.5 Å². The molecular weight excluding hydrogens is 118 g/mol. The van der Waals surface area contributed by atoms with Crippen molar-refractivity contribution in [3.05, 3.63) is 22.4 Å². The molecule has 0 unspecified atom stereocenters. The standard InChI is InChI=1S/C5H7N3O/c1-4-2-6-8-5(4)3-7-9/h2H,3H2,1H3,(H,6,8). The van der Waals surface area contributed by atoms with Crippen LogP contribution >= 0.6 is 0 Å². The van der Waals surface area contributed by atoms with Gasteiger partial charge in [-0.3, -0.25) is 5.10 Å². The van der Waals surface area contributed by atoms with Crippen LogP contribution in [0.5, 0.6) is 0 Å². The summed E-state index contributed by atoms with van der Waals surface area (Å²) in [6.07, 6.45) is 1.67. The van der Waals surface area contributed by atoms with Gasteiger partial charge < -0.3 is 0 Å². The maximum absolute atomic E-state index is 9.73. The number of nitrogens with zero attached hydrogens (tertiary/aromatic N) is 2. The van der Waals surface area contributed by atoms with E-state index in [0.717, 1.165) is 11.3 Å². The Hall–Kier alpha value is -1.19. The number of hydrogen-bond acceptors (Lipinski definition) is 3. The molecular formula is C5H7N3O. The third kappa shape index (κ3) is 1.13. The summed E-state index contributed by atoms with van der Waals surface area (Å²) >= 11 is 0. The molecule has 0 radical (unpaired) electrons. The molecule has 9 heavy (non-hydrogen) atoms. The Morgan fingerprint density at radius 1 is 1.89 bits per heavy atom. The molecule has 0 spiro atoms. The van der Waals surface area contributed by atoms with Gasteiger partial charge in [0.05, 0.1) is 11.9 Å². The number of nitrogens with one attached hydrogen (secondary N) is 1. The zero-order valence-electron chi connectivity index (χ0n) is 5.09. The lowest BCUT2D eigenvalue weighted by molar-refractivity contribution is 0.935. The van der Waals surface area contributed by atoms with Crippen molar-refractivity contribution in [1.82, 2.24) is 10.2 Å². The Morgan fingerprint density at radius 2 is 2.67 bits per heavy atom. The number of H-pyrrole nitrogens is 1. The monoisotopic (exact) mass is 125 g/mol. The number of rotatable bonds is 2. The lowest BCUT2D eigenvalue weighted by Gasteiger charge is -1.85.